The molecule has 0 bridgehead atoms. The fourth-order valence-corrected chi connectivity index (χ4v) is 6.79. The molecule has 0 aromatic heterocycles. The van der Waals surface area contributed by atoms with E-state index in [9.17, 15) is 9.90 Å². The number of carbonyl (C=O) groups is 1. The molecule has 0 fully saturated rings. The van der Waals surface area contributed by atoms with E-state index >= 15 is 0 Å². The Labute approximate surface area is 227 Å². The van der Waals surface area contributed by atoms with E-state index in [4.69, 9.17) is 4.43 Å². The van der Waals surface area contributed by atoms with Gasteiger partial charge in [-0.2, -0.15) is 0 Å². The second-order valence-electron chi connectivity index (χ2n) is 13.7. The number of fused-ring (bicyclic) bond motifs is 1. The Kier molecular flexibility index (Phi) is 8.66. The first-order chi connectivity index (χ1) is 17.0. The molecule has 1 atom stereocenters. The van der Waals surface area contributed by atoms with Crippen LogP contribution in [0.1, 0.15) is 111 Å². The Morgan fingerprint density at radius 1 is 1.03 bits per heavy atom. The van der Waals surface area contributed by atoms with Crippen molar-refractivity contribution in [2.45, 2.75) is 111 Å². The largest absolute Gasteiger partial charge is 0.478 e. The van der Waals surface area contributed by atoms with Crippen LogP contribution >= 0.6 is 0 Å². The summed E-state index contributed by atoms with van der Waals surface area (Å²) in [6, 6.07) is 10.5. The SMILES string of the molecule is Cc1cc(C=Cc2cc3c(cc2CCC(O[SiH](C)C)C(C)(C)C)C(C)(C)CCC3(C)C)ccc1C(=O)O. The first-order valence-electron chi connectivity index (χ1n) is 13.9. The lowest BCUT2D eigenvalue weighted by Gasteiger charge is -2.42. The van der Waals surface area contributed by atoms with Crippen molar-refractivity contribution in [2.75, 3.05) is 0 Å². The minimum Gasteiger partial charge on any atom is -0.478 e. The summed E-state index contributed by atoms with van der Waals surface area (Å²) in [4.78, 5) is 11.4. The topological polar surface area (TPSA) is 46.5 Å². The third-order valence-corrected chi connectivity index (χ3v) is 9.00. The van der Waals surface area contributed by atoms with Gasteiger partial charge >= 0.3 is 5.97 Å². The molecule has 0 spiro atoms. The molecular formula is C33H48O3Si. The van der Waals surface area contributed by atoms with E-state index in [1.807, 2.05) is 19.1 Å². The van der Waals surface area contributed by atoms with Gasteiger partial charge < -0.3 is 9.53 Å². The molecule has 0 heterocycles. The Hall–Kier alpha value is -2.17. The molecule has 0 saturated carbocycles. The number of carboxylic acid groups (broad SMARTS) is 1. The van der Waals surface area contributed by atoms with E-state index in [2.05, 4.69) is 85.8 Å². The molecule has 1 N–H and O–H groups in total. The molecule has 2 aromatic carbocycles. The summed E-state index contributed by atoms with van der Waals surface area (Å²) in [7, 11) is -1.15. The van der Waals surface area contributed by atoms with Crippen LogP contribution in [-0.4, -0.2) is 26.2 Å². The van der Waals surface area contributed by atoms with Crippen molar-refractivity contribution in [2.24, 2.45) is 5.41 Å². The van der Waals surface area contributed by atoms with Gasteiger partial charge in [-0.25, -0.2) is 4.79 Å². The lowest BCUT2D eigenvalue weighted by atomic mass is 9.62. The average molecular weight is 521 g/mol. The standard InChI is InChI=1S/C33H48O3Si/c1-22-19-23(12-15-26(22)30(34)35)11-13-24-20-27-28(33(7,8)18-17-32(27,5)6)21-25(24)14-16-29(31(2,3)4)36-37(9)10/h11-13,15,19-21,29,37H,14,16-18H2,1-10H3,(H,34,35). The first kappa shape index (κ1) is 29.4. The maximum Gasteiger partial charge on any atom is 0.335 e. The molecule has 202 valence electrons. The first-order valence-corrected chi connectivity index (χ1v) is 16.6. The van der Waals surface area contributed by atoms with Crippen molar-refractivity contribution in [1.29, 1.82) is 0 Å². The zero-order valence-corrected chi connectivity index (χ0v) is 25.9. The van der Waals surface area contributed by atoms with E-state index in [0.29, 0.717) is 5.56 Å². The molecule has 0 radical (unpaired) electrons. The molecule has 3 nitrogen and oxygen atoms in total. The van der Waals surface area contributed by atoms with Gasteiger partial charge in [0.1, 0.15) is 0 Å². The number of aromatic carboxylic acids is 1. The zero-order valence-electron chi connectivity index (χ0n) is 24.8. The van der Waals surface area contributed by atoms with Gasteiger partial charge in [0, 0.05) is 6.10 Å². The number of carboxylic acids is 1. The highest BCUT2D eigenvalue weighted by Gasteiger charge is 2.37. The van der Waals surface area contributed by atoms with Gasteiger partial charge in [0.15, 0.2) is 9.04 Å². The van der Waals surface area contributed by atoms with E-state index in [0.717, 1.165) is 24.0 Å². The average Bonchev–Trinajstić information content (AvgIpc) is 2.77. The minimum atomic E-state index is -1.15. The van der Waals surface area contributed by atoms with Crippen molar-refractivity contribution < 1.29 is 14.3 Å². The van der Waals surface area contributed by atoms with Gasteiger partial charge in [-0.05, 0) is 101 Å². The van der Waals surface area contributed by atoms with Crippen LogP contribution in [-0.2, 0) is 21.7 Å². The van der Waals surface area contributed by atoms with Crippen molar-refractivity contribution in [3.05, 3.63) is 69.3 Å². The lowest BCUT2D eigenvalue weighted by molar-refractivity contribution is 0.0696. The fraction of sp³-hybridized carbons (Fsp3) is 0.545. The van der Waals surface area contributed by atoms with Crippen LogP contribution in [0.15, 0.2) is 30.3 Å². The van der Waals surface area contributed by atoms with Crippen LogP contribution in [0.2, 0.25) is 13.1 Å². The highest BCUT2D eigenvalue weighted by molar-refractivity contribution is 6.48. The fourth-order valence-electron chi connectivity index (χ4n) is 5.58. The van der Waals surface area contributed by atoms with Crippen molar-refractivity contribution in [1.82, 2.24) is 0 Å². The maximum atomic E-state index is 11.4. The van der Waals surface area contributed by atoms with Gasteiger partial charge in [0.05, 0.1) is 5.56 Å². The molecule has 0 saturated heterocycles. The molecule has 0 amide bonds. The molecule has 4 heteroatoms. The third-order valence-electron chi connectivity index (χ3n) is 8.13. The number of hydrogen-bond acceptors (Lipinski definition) is 2. The zero-order chi connectivity index (χ0) is 27.8. The van der Waals surface area contributed by atoms with Gasteiger partial charge in [-0.3, -0.25) is 0 Å². The van der Waals surface area contributed by atoms with Crippen molar-refractivity contribution in [3.63, 3.8) is 0 Å². The number of hydrogen-bond donors (Lipinski definition) is 1. The van der Waals surface area contributed by atoms with Crippen LogP contribution in [0.3, 0.4) is 0 Å². The van der Waals surface area contributed by atoms with Crippen molar-refractivity contribution in [3.8, 4) is 0 Å². The van der Waals surface area contributed by atoms with E-state index in [-0.39, 0.29) is 22.3 Å². The summed E-state index contributed by atoms with van der Waals surface area (Å²) in [5.41, 5.74) is 8.17. The monoisotopic (exact) mass is 520 g/mol. The normalized spacial score (nSPS) is 17.7. The Balaban J connectivity index is 2.06. The smallest absolute Gasteiger partial charge is 0.335 e. The van der Waals surface area contributed by atoms with Crippen molar-refractivity contribution >= 4 is 27.2 Å². The minimum absolute atomic E-state index is 0.103. The molecule has 37 heavy (non-hydrogen) atoms. The number of benzene rings is 2. The summed E-state index contributed by atoms with van der Waals surface area (Å²) in [6.45, 7) is 22.8. The predicted octanol–water partition coefficient (Wildman–Crippen LogP) is 8.56. The molecule has 0 aliphatic heterocycles. The second kappa shape index (κ2) is 10.9. The molecule has 3 rings (SSSR count). The van der Waals surface area contributed by atoms with Crippen LogP contribution < -0.4 is 0 Å². The molecule has 1 aliphatic rings. The second-order valence-corrected chi connectivity index (χ2v) is 16.0. The highest BCUT2D eigenvalue weighted by Crippen LogP contribution is 2.47. The van der Waals surface area contributed by atoms with E-state index in [1.165, 1.54) is 35.1 Å². The highest BCUT2D eigenvalue weighted by atomic mass is 28.3. The molecular weight excluding hydrogens is 472 g/mol. The van der Waals surface area contributed by atoms with Gasteiger partial charge in [0.2, 0.25) is 0 Å². The van der Waals surface area contributed by atoms with Crippen LogP contribution in [0.4, 0.5) is 0 Å². The summed E-state index contributed by atoms with van der Waals surface area (Å²) >= 11 is 0. The van der Waals surface area contributed by atoms with Crippen LogP contribution in [0, 0.1) is 12.3 Å². The van der Waals surface area contributed by atoms with Crippen LogP contribution in [0.5, 0.6) is 0 Å². The number of rotatable bonds is 8. The Morgan fingerprint density at radius 2 is 1.62 bits per heavy atom. The lowest BCUT2D eigenvalue weighted by Crippen LogP contribution is -2.35. The van der Waals surface area contributed by atoms with Gasteiger partial charge in [0.25, 0.3) is 0 Å². The Bertz CT molecular complexity index is 1160. The summed E-state index contributed by atoms with van der Waals surface area (Å²) in [6.07, 6.45) is 8.96. The quantitative estimate of drug-likeness (QED) is 0.280. The molecule has 1 unspecified atom stereocenters. The van der Waals surface area contributed by atoms with Gasteiger partial charge in [-0.15, -0.1) is 0 Å². The number of aryl methyl sites for hydroxylation is 2. The van der Waals surface area contributed by atoms with E-state index in [1.54, 1.807) is 6.07 Å². The van der Waals surface area contributed by atoms with Crippen LogP contribution in [0.25, 0.3) is 12.2 Å². The summed E-state index contributed by atoms with van der Waals surface area (Å²) in [5, 5.41) is 9.39. The predicted molar refractivity (Wildman–Crippen MR) is 160 cm³/mol. The summed E-state index contributed by atoms with van der Waals surface area (Å²) < 4.78 is 6.51. The summed E-state index contributed by atoms with van der Waals surface area (Å²) in [5.74, 6) is -0.880. The van der Waals surface area contributed by atoms with Gasteiger partial charge in [-0.1, -0.05) is 84.9 Å². The van der Waals surface area contributed by atoms with E-state index < -0.39 is 15.0 Å². The third kappa shape index (κ3) is 7.03. The maximum absolute atomic E-state index is 11.4. The molecule has 1 aliphatic carbocycles. The Morgan fingerprint density at radius 3 is 2.14 bits per heavy atom. The molecule has 2 aromatic rings.